The van der Waals surface area contributed by atoms with Gasteiger partial charge in [0.1, 0.15) is 5.82 Å². The maximum atomic E-state index is 12.6. The van der Waals surface area contributed by atoms with Gasteiger partial charge in [-0.15, -0.1) is 0 Å². The molecule has 0 saturated carbocycles. The summed E-state index contributed by atoms with van der Waals surface area (Å²) in [6, 6.07) is 0. The Hall–Kier alpha value is -2.11. The summed E-state index contributed by atoms with van der Waals surface area (Å²) >= 11 is 0. The zero-order chi connectivity index (χ0) is 18.1. The Balaban J connectivity index is 2.80. The second-order valence-corrected chi connectivity index (χ2v) is 6.06. The molecule has 0 aliphatic heterocycles. The number of methoxy groups -OCH3 is 2. The molecule has 132 valence electrons. The average Bonchev–Trinajstić information content (AvgIpc) is 3.01. The maximum absolute atomic E-state index is 12.6. The van der Waals surface area contributed by atoms with Crippen LogP contribution in [0.4, 0.5) is 5.82 Å². The number of carbonyl (C=O) groups is 2. The number of fused-ring (bicyclic) bond motifs is 1. The molecule has 24 heavy (non-hydrogen) atoms. The van der Waals surface area contributed by atoms with E-state index in [1.165, 1.54) is 14.2 Å². The first-order chi connectivity index (χ1) is 11.4. The third-order valence-electron chi connectivity index (χ3n) is 5.03. The van der Waals surface area contributed by atoms with Crippen LogP contribution in [0, 0.1) is 13.8 Å². The van der Waals surface area contributed by atoms with Crippen LogP contribution in [0.15, 0.2) is 0 Å². The van der Waals surface area contributed by atoms with E-state index in [1.54, 1.807) is 0 Å². The molecule has 0 unspecified atom stereocenters. The van der Waals surface area contributed by atoms with Crippen LogP contribution in [-0.2, 0) is 30.9 Å². The van der Waals surface area contributed by atoms with Crippen molar-refractivity contribution >= 4 is 17.8 Å². The Morgan fingerprint density at radius 2 is 1.67 bits per heavy atom. The molecule has 0 atom stereocenters. The van der Waals surface area contributed by atoms with Crippen LogP contribution in [0.5, 0.6) is 0 Å². The van der Waals surface area contributed by atoms with Crippen molar-refractivity contribution in [2.24, 2.45) is 0 Å². The zero-order valence-corrected chi connectivity index (χ0v) is 15.4. The summed E-state index contributed by atoms with van der Waals surface area (Å²) < 4.78 is 9.98. The van der Waals surface area contributed by atoms with E-state index in [0.717, 1.165) is 41.3 Å². The highest BCUT2D eigenvalue weighted by Crippen LogP contribution is 2.45. The van der Waals surface area contributed by atoms with Gasteiger partial charge in [0.15, 0.2) is 5.41 Å². The number of pyridine rings is 1. The quantitative estimate of drug-likeness (QED) is 0.606. The zero-order valence-electron chi connectivity index (χ0n) is 15.4. The molecule has 2 rings (SSSR count). The van der Waals surface area contributed by atoms with E-state index in [2.05, 4.69) is 18.7 Å². The second kappa shape index (κ2) is 6.79. The number of rotatable bonds is 5. The van der Waals surface area contributed by atoms with Gasteiger partial charge in [-0.1, -0.05) is 0 Å². The Labute approximate surface area is 143 Å². The number of hydrogen-bond acceptors (Lipinski definition) is 6. The number of anilines is 1. The van der Waals surface area contributed by atoms with Crippen LogP contribution in [0.1, 0.15) is 42.7 Å². The summed E-state index contributed by atoms with van der Waals surface area (Å²) in [6.45, 7) is 9.56. The number of hydrogen-bond donors (Lipinski definition) is 0. The van der Waals surface area contributed by atoms with E-state index >= 15 is 0 Å². The Kier molecular flexibility index (Phi) is 5.16. The van der Waals surface area contributed by atoms with Crippen molar-refractivity contribution in [1.82, 2.24) is 4.98 Å². The molecule has 1 aromatic heterocycles. The first-order valence-corrected chi connectivity index (χ1v) is 8.31. The summed E-state index contributed by atoms with van der Waals surface area (Å²) in [7, 11) is 2.61. The van der Waals surface area contributed by atoms with Crippen LogP contribution in [0.3, 0.4) is 0 Å². The average molecular weight is 334 g/mol. The minimum Gasteiger partial charge on any atom is -0.468 e. The van der Waals surface area contributed by atoms with Crippen LogP contribution < -0.4 is 4.90 Å². The summed E-state index contributed by atoms with van der Waals surface area (Å²) in [5.74, 6) is -0.310. The lowest BCUT2D eigenvalue weighted by atomic mass is 9.79. The van der Waals surface area contributed by atoms with Crippen molar-refractivity contribution in [3.63, 3.8) is 0 Å². The van der Waals surface area contributed by atoms with Crippen molar-refractivity contribution in [1.29, 1.82) is 0 Å². The summed E-state index contributed by atoms with van der Waals surface area (Å²) in [5.41, 5.74) is 1.99. The van der Waals surface area contributed by atoms with Crippen molar-refractivity contribution < 1.29 is 19.1 Å². The van der Waals surface area contributed by atoms with E-state index in [1.807, 2.05) is 13.8 Å². The van der Waals surface area contributed by atoms with Gasteiger partial charge in [0.2, 0.25) is 0 Å². The van der Waals surface area contributed by atoms with Gasteiger partial charge in [0.25, 0.3) is 0 Å². The predicted octanol–water partition coefficient (Wildman–Crippen LogP) is 2.07. The lowest BCUT2D eigenvalue weighted by Crippen LogP contribution is -2.44. The number of nitrogens with zero attached hydrogens (tertiary/aromatic N) is 2. The largest absolute Gasteiger partial charge is 0.468 e. The molecule has 0 saturated heterocycles. The molecule has 0 amide bonds. The molecular formula is C18H26N2O4. The molecule has 0 spiro atoms. The number of ether oxygens (including phenoxy) is 2. The van der Waals surface area contributed by atoms with E-state index in [4.69, 9.17) is 14.5 Å². The number of aromatic nitrogens is 1. The molecule has 0 aromatic carbocycles. The lowest BCUT2D eigenvalue weighted by Gasteiger charge is -2.29. The molecule has 1 heterocycles. The minimum atomic E-state index is -1.39. The molecular weight excluding hydrogens is 308 g/mol. The fraction of sp³-hybridized carbons (Fsp3) is 0.611. The van der Waals surface area contributed by atoms with E-state index in [-0.39, 0.29) is 0 Å². The summed E-state index contributed by atoms with van der Waals surface area (Å²) in [6.07, 6.45) is 0.963. The lowest BCUT2D eigenvalue weighted by molar-refractivity contribution is -0.162. The van der Waals surface area contributed by atoms with Gasteiger partial charge in [-0.3, -0.25) is 9.59 Å². The van der Waals surface area contributed by atoms with Gasteiger partial charge in [-0.05, 0) is 57.2 Å². The van der Waals surface area contributed by atoms with Crippen LogP contribution in [-0.4, -0.2) is 44.2 Å². The topological polar surface area (TPSA) is 68.7 Å². The molecule has 0 fully saturated rings. The summed E-state index contributed by atoms with van der Waals surface area (Å²) in [4.78, 5) is 32.1. The van der Waals surface area contributed by atoms with E-state index in [0.29, 0.717) is 12.8 Å². The van der Waals surface area contributed by atoms with Gasteiger partial charge in [0, 0.05) is 18.8 Å². The molecule has 0 bridgehead atoms. The minimum absolute atomic E-state index is 0.354. The molecule has 0 N–H and O–H groups in total. The standard InChI is InChI=1S/C18H26N2O4/c1-7-20(8-2)15-11(3)14-13(12(4)19-15)9-10-18(14,16(21)23-5)17(22)24-6/h7-10H2,1-6H3. The third kappa shape index (κ3) is 2.44. The van der Waals surface area contributed by atoms with E-state index in [9.17, 15) is 9.59 Å². The van der Waals surface area contributed by atoms with Crippen molar-refractivity contribution in [3.8, 4) is 0 Å². The molecule has 6 heteroatoms. The first kappa shape index (κ1) is 18.2. The molecule has 0 radical (unpaired) electrons. The second-order valence-electron chi connectivity index (χ2n) is 6.06. The molecule has 1 aliphatic rings. The van der Waals surface area contributed by atoms with Gasteiger partial charge < -0.3 is 14.4 Å². The molecule has 6 nitrogen and oxygen atoms in total. The van der Waals surface area contributed by atoms with Crippen LogP contribution in [0.2, 0.25) is 0 Å². The molecule has 1 aromatic rings. The SMILES string of the molecule is CCN(CC)c1nc(C)c2c(c1C)C(C(=O)OC)(C(=O)OC)CC2. The smallest absolute Gasteiger partial charge is 0.327 e. The first-order valence-electron chi connectivity index (χ1n) is 8.31. The van der Waals surface area contributed by atoms with Gasteiger partial charge >= 0.3 is 11.9 Å². The highest BCUT2D eigenvalue weighted by Gasteiger charge is 2.55. The summed E-state index contributed by atoms with van der Waals surface area (Å²) in [5, 5.41) is 0. The number of aryl methyl sites for hydroxylation is 1. The fourth-order valence-corrected chi connectivity index (χ4v) is 3.82. The Bertz CT molecular complexity index is 649. The number of carbonyl (C=O) groups excluding carboxylic acids is 2. The van der Waals surface area contributed by atoms with Crippen molar-refractivity contribution in [3.05, 3.63) is 22.4 Å². The van der Waals surface area contributed by atoms with Crippen molar-refractivity contribution in [2.75, 3.05) is 32.2 Å². The van der Waals surface area contributed by atoms with Gasteiger partial charge in [0.05, 0.1) is 14.2 Å². The fourth-order valence-electron chi connectivity index (χ4n) is 3.82. The Morgan fingerprint density at radius 1 is 1.12 bits per heavy atom. The third-order valence-corrected chi connectivity index (χ3v) is 5.03. The van der Waals surface area contributed by atoms with Crippen molar-refractivity contribution in [2.45, 2.75) is 46.0 Å². The number of esters is 2. The predicted molar refractivity (Wildman–Crippen MR) is 91.3 cm³/mol. The van der Waals surface area contributed by atoms with Gasteiger partial charge in [-0.25, -0.2) is 4.98 Å². The van der Waals surface area contributed by atoms with Gasteiger partial charge in [-0.2, -0.15) is 0 Å². The highest BCUT2D eigenvalue weighted by molar-refractivity contribution is 6.08. The van der Waals surface area contributed by atoms with Crippen LogP contribution >= 0.6 is 0 Å². The normalized spacial score (nSPS) is 14.9. The highest BCUT2D eigenvalue weighted by atomic mass is 16.5. The van der Waals surface area contributed by atoms with Crippen LogP contribution in [0.25, 0.3) is 0 Å². The van der Waals surface area contributed by atoms with E-state index < -0.39 is 17.4 Å². The molecule has 1 aliphatic carbocycles. The maximum Gasteiger partial charge on any atom is 0.327 e. The monoisotopic (exact) mass is 334 g/mol. The Morgan fingerprint density at radius 3 is 2.12 bits per heavy atom.